The van der Waals surface area contributed by atoms with E-state index < -0.39 is 0 Å². The van der Waals surface area contributed by atoms with E-state index in [0.717, 1.165) is 25.8 Å². The van der Waals surface area contributed by atoms with Crippen LogP contribution >= 0.6 is 0 Å². The van der Waals surface area contributed by atoms with Gasteiger partial charge in [-0.25, -0.2) is 0 Å². The molecule has 0 aliphatic carbocycles. The normalized spacial score (nSPS) is 12.5. The van der Waals surface area contributed by atoms with E-state index in [1.165, 1.54) is 0 Å². The molecule has 0 bridgehead atoms. The molecule has 0 saturated heterocycles. The summed E-state index contributed by atoms with van der Waals surface area (Å²) in [6.07, 6.45) is 3.25. The average Bonchev–Trinajstić information content (AvgIpc) is 1.85. The smallest absolute Gasteiger partial charge is 0.296 e. The van der Waals surface area contributed by atoms with Gasteiger partial charge >= 0.3 is 5.96 Å². The van der Waals surface area contributed by atoms with Crippen LogP contribution in [0.1, 0.15) is 19.3 Å². The molecule has 0 atom stereocenters. The molecule has 0 radical (unpaired) electrons. The van der Waals surface area contributed by atoms with Crippen LogP contribution in [0.3, 0.4) is 0 Å². The van der Waals surface area contributed by atoms with Crippen LogP contribution < -0.4 is 16.5 Å². The molecule has 0 heterocycles. The Bertz CT molecular complexity index is 115. The molecule has 64 valence electrons. The second kappa shape index (κ2) is 5.89. The molecule has 0 aliphatic heterocycles. The Labute approximate surface area is 68.9 Å². The molecule has 11 heavy (non-hydrogen) atoms. The summed E-state index contributed by atoms with van der Waals surface area (Å²) in [6, 6.07) is 0. The highest BCUT2D eigenvalue weighted by Crippen LogP contribution is 2.03. The quantitative estimate of drug-likeness (QED) is 0.202. The van der Waals surface area contributed by atoms with Gasteiger partial charge in [0.15, 0.2) is 0 Å². The summed E-state index contributed by atoms with van der Waals surface area (Å²) >= 11 is 0. The largest absolute Gasteiger partial charge is 0.338 e. The third-order valence-corrected chi connectivity index (χ3v) is 1.37. The van der Waals surface area contributed by atoms with Crippen LogP contribution in [0.2, 0.25) is 0 Å². The molecule has 0 aromatic carbocycles. The van der Waals surface area contributed by atoms with Gasteiger partial charge in [-0.3, -0.25) is 23.4 Å². The van der Waals surface area contributed by atoms with Crippen molar-refractivity contribution >= 4 is 5.96 Å². The lowest BCUT2D eigenvalue weighted by molar-refractivity contribution is -0.459. The standard InChI is InChI=1S/C8H17N3/c1-7(2)5-3-4-6-11-8(9)10/h7H,1-6H2,(H4,9,10,11)/p+1. The van der Waals surface area contributed by atoms with E-state index in [9.17, 15) is 0 Å². The van der Waals surface area contributed by atoms with Crippen molar-refractivity contribution in [3.05, 3.63) is 13.8 Å². The maximum Gasteiger partial charge on any atom is 0.338 e. The predicted octanol–water partition coefficient (Wildman–Crippen LogP) is -1.20. The third-order valence-electron chi connectivity index (χ3n) is 1.37. The molecule has 0 aromatic rings. The van der Waals surface area contributed by atoms with Gasteiger partial charge in [0.2, 0.25) is 0 Å². The van der Waals surface area contributed by atoms with E-state index in [4.69, 9.17) is 11.5 Å². The number of hydrogen-bond donors (Lipinski definition) is 3. The molecule has 3 heteroatoms. The fourth-order valence-electron chi connectivity index (χ4n) is 0.791. The van der Waals surface area contributed by atoms with Gasteiger partial charge in [-0.2, -0.15) is 0 Å². The summed E-state index contributed by atoms with van der Waals surface area (Å²) in [5, 5.41) is 0. The Morgan fingerprint density at radius 3 is 2.55 bits per heavy atom. The van der Waals surface area contributed by atoms with Gasteiger partial charge in [-0.1, -0.05) is 0 Å². The lowest BCUT2D eigenvalue weighted by atomic mass is 10.1. The van der Waals surface area contributed by atoms with Crippen molar-refractivity contribution in [2.24, 2.45) is 17.4 Å². The van der Waals surface area contributed by atoms with Crippen LogP contribution in [0.25, 0.3) is 0 Å². The first-order valence-corrected chi connectivity index (χ1v) is 3.91. The minimum atomic E-state index is 0.297. The fourth-order valence-corrected chi connectivity index (χ4v) is 0.791. The van der Waals surface area contributed by atoms with Crippen molar-refractivity contribution in [3.63, 3.8) is 0 Å². The molecule has 0 amide bonds. The van der Waals surface area contributed by atoms with Gasteiger partial charge in [0.1, 0.15) is 0 Å². The Morgan fingerprint density at radius 1 is 1.45 bits per heavy atom. The van der Waals surface area contributed by atoms with Crippen molar-refractivity contribution in [3.8, 4) is 0 Å². The highest BCUT2D eigenvalue weighted by Gasteiger charge is 1.93. The first-order valence-electron chi connectivity index (χ1n) is 3.91. The van der Waals surface area contributed by atoms with Gasteiger partial charge in [0.25, 0.3) is 0 Å². The molecule has 0 saturated carbocycles. The van der Waals surface area contributed by atoms with E-state index in [0.29, 0.717) is 11.9 Å². The molecule has 0 rings (SSSR count). The number of nitrogens with two attached hydrogens (primary N) is 2. The summed E-state index contributed by atoms with van der Waals surface area (Å²) in [4.78, 5) is 2.85. The zero-order chi connectivity index (χ0) is 8.69. The minimum absolute atomic E-state index is 0.297. The van der Waals surface area contributed by atoms with E-state index in [1.807, 2.05) is 0 Å². The number of unbranched alkanes of at least 4 members (excludes halogenated alkanes) is 1. The van der Waals surface area contributed by atoms with Crippen molar-refractivity contribution in [1.82, 2.24) is 0 Å². The first kappa shape index (κ1) is 10.1. The molecular weight excluding hydrogens is 138 g/mol. The van der Waals surface area contributed by atoms with Crippen LogP contribution in [0, 0.1) is 19.8 Å². The molecule has 0 aliphatic rings. The highest BCUT2D eigenvalue weighted by atomic mass is 15.0. The number of guanidine groups is 1. The van der Waals surface area contributed by atoms with Gasteiger partial charge in [-0.05, 0) is 25.2 Å². The van der Waals surface area contributed by atoms with Crippen LogP contribution in [0.4, 0.5) is 0 Å². The second-order valence-electron chi connectivity index (χ2n) is 2.74. The SMILES string of the molecule is [CH2+]C([CH2-])CCCC[NH+]=C(N)N. The Balaban J connectivity index is 3.09. The monoisotopic (exact) mass is 156 g/mol. The second-order valence-corrected chi connectivity index (χ2v) is 2.74. The van der Waals surface area contributed by atoms with Crippen LogP contribution in [-0.4, -0.2) is 12.5 Å². The maximum absolute atomic E-state index is 5.19. The zero-order valence-corrected chi connectivity index (χ0v) is 6.97. The fraction of sp³-hybridized carbons (Fsp3) is 0.625. The molecule has 0 spiro atoms. The molecule has 5 N–H and O–H groups in total. The Hall–Kier alpha value is -0.860. The first-order chi connectivity index (χ1) is 5.13. The van der Waals surface area contributed by atoms with E-state index in [1.54, 1.807) is 0 Å². The average molecular weight is 156 g/mol. The Morgan fingerprint density at radius 2 is 2.09 bits per heavy atom. The summed E-state index contributed by atoms with van der Waals surface area (Å²) in [5.41, 5.74) is 10.4. The highest BCUT2D eigenvalue weighted by molar-refractivity contribution is 5.69. The summed E-state index contributed by atoms with van der Waals surface area (Å²) in [7, 11) is 0. The minimum Gasteiger partial charge on any atom is -0.296 e. The van der Waals surface area contributed by atoms with Gasteiger partial charge in [0, 0.05) is 6.92 Å². The van der Waals surface area contributed by atoms with Crippen LogP contribution in [0.15, 0.2) is 0 Å². The summed E-state index contributed by atoms with van der Waals surface area (Å²) in [6.45, 7) is 8.41. The van der Waals surface area contributed by atoms with Crippen molar-refractivity contribution in [2.75, 3.05) is 6.54 Å². The van der Waals surface area contributed by atoms with Crippen LogP contribution in [-0.2, 0) is 0 Å². The Kier molecular flexibility index (Phi) is 5.43. The van der Waals surface area contributed by atoms with Crippen molar-refractivity contribution in [1.29, 1.82) is 0 Å². The van der Waals surface area contributed by atoms with E-state index in [2.05, 4.69) is 18.8 Å². The molecular formula is C8H18N3+. The van der Waals surface area contributed by atoms with Crippen molar-refractivity contribution in [2.45, 2.75) is 19.3 Å². The van der Waals surface area contributed by atoms with Gasteiger partial charge in [-0.15, -0.1) is 0 Å². The number of rotatable bonds is 5. The predicted molar refractivity (Wildman–Crippen MR) is 47.3 cm³/mol. The number of hydrogen-bond acceptors (Lipinski definition) is 0. The van der Waals surface area contributed by atoms with E-state index in [-0.39, 0.29) is 0 Å². The van der Waals surface area contributed by atoms with E-state index >= 15 is 0 Å². The lowest BCUT2D eigenvalue weighted by Gasteiger charge is -2.01. The van der Waals surface area contributed by atoms with Crippen molar-refractivity contribution < 1.29 is 4.99 Å². The molecule has 3 nitrogen and oxygen atoms in total. The van der Waals surface area contributed by atoms with Gasteiger partial charge in [0.05, 0.1) is 6.54 Å². The topological polar surface area (TPSA) is 66.0 Å². The number of nitrogens with one attached hydrogen (secondary N) is 1. The lowest BCUT2D eigenvalue weighted by Crippen LogP contribution is -2.78. The molecule has 0 fully saturated rings. The van der Waals surface area contributed by atoms with Gasteiger partial charge < -0.3 is 0 Å². The van der Waals surface area contributed by atoms with Crippen LogP contribution in [0.5, 0.6) is 0 Å². The summed E-state index contributed by atoms with van der Waals surface area (Å²) < 4.78 is 0. The molecule has 0 unspecified atom stereocenters. The zero-order valence-electron chi connectivity index (χ0n) is 6.97. The molecule has 0 aromatic heterocycles. The maximum atomic E-state index is 5.19. The third kappa shape index (κ3) is 9.14. The summed E-state index contributed by atoms with van der Waals surface area (Å²) in [5.74, 6) is 0.597.